The molecule has 0 aliphatic heterocycles. The summed E-state index contributed by atoms with van der Waals surface area (Å²) >= 11 is 1.10. The lowest BCUT2D eigenvalue weighted by atomic mass is 10.0. The molecule has 0 saturated carbocycles. The van der Waals surface area contributed by atoms with Crippen LogP contribution in [0, 0.1) is 4.91 Å². The lowest BCUT2D eigenvalue weighted by Crippen LogP contribution is -2.28. The van der Waals surface area contributed by atoms with Gasteiger partial charge in [0.15, 0.2) is 0 Å². The van der Waals surface area contributed by atoms with E-state index in [4.69, 9.17) is 10.9 Å². The zero-order valence-corrected chi connectivity index (χ0v) is 15.6. The molecule has 0 fully saturated rings. The van der Waals surface area contributed by atoms with E-state index in [0.717, 1.165) is 11.3 Å². The van der Waals surface area contributed by atoms with Crippen molar-refractivity contribution < 1.29 is 35.9 Å². The summed E-state index contributed by atoms with van der Waals surface area (Å²) < 4.78 is 65.1. The molecule has 0 saturated heterocycles. The number of halogens is 3. The predicted molar refractivity (Wildman–Crippen MR) is 95.9 cm³/mol. The quantitative estimate of drug-likeness (QED) is 0.345. The maximum absolute atomic E-state index is 12.7. The number of alkyl halides is 3. The molecule has 0 bridgehead atoms. The van der Waals surface area contributed by atoms with E-state index in [9.17, 15) is 26.5 Å². The predicted octanol–water partition coefficient (Wildman–Crippen LogP) is 3.48. The fourth-order valence-corrected chi connectivity index (χ4v) is 3.24. The molecule has 29 heavy (non-hydrogen) atoms. The second-order valence-electron chi connectivity index (χ2n) is 5.41. The normalized spacial score (nSPS) is 12.0. The molecule has 0 aliphatic carbocycles. The summed E-state index contributed by atoms with van der Waals surface area (Å²) in [6, 6.07) is 6.51. The van der Waals surface area contributed by atoms with Crippen LogP contribution in [0.3, 0.4) is 0 Å². The number of nitrogens with two attached hydrogens (primary N) is 1. The molecule has 3 N–H and O–H groups in total. The van der Waals surface area contributed by atoms with Crippen LogP contribution in [0.1, 0.15) is 0 Å². The van der Waals surface area contributed by atoms with Gasteiger partial charge in [-0.15, -0.1) is 11.3 Å². The Bertz CT molecular complexity index is 1160. The average molecular weight is 447 g/mol. The number of pyridine rings is 1. The highest BCUT2D eigenvalue weighted by molar-refractivity contribution is 7.88. The highest BCUT2D eigenvalue weighted by Crippen LogP contribution is 2.38. The molecule has 0 atom stereocenters. The van der Waals surface area contributed by atoms with Crippen LogP contribution in [0.4, 0.5) is 24.5 Å². The first-order valence-electron chi connectivity index (χ1n) is 7.47. The zero-order chi connectivity index (χ0) is 21.4. The van der Waals surface area contributed by atoms with Crippen LogP contribution in [0.5, 0.6) is 5.88 Å². The Morgan fingerprint density at radius 3 is 2.38 bits per heavy atom. The van der Waals surface area contributed by atoms with Gasteiger partial charge in [-0.3, -0.25) is 0 Å². The van der Waals surface area contributed by atoms with E-state index in [2.05, 4.69) is 14.2 Å². The third-order valence-corrected chi connectivity index (χ3v) is 5.29. The first kappa shape index (κ1) is 20.5. The minimum atomic E-state index is -6.02. The number of nitrogens with zero attached hydrogens (tertiary/aromatic N) is 3. The van der Waals surface area contributed by atoms with Gasteiger partial charge in [-0.25, -0.2) is 15.2 Å². The summed E-state index contributed by atoms with van der Waals surface area (Å²) in [5.41, 5.74) is -0.0463. The monoisotopic (exact) mass is 447 g/mol. The molecular formula is C15H10F3N4O5S2+. The standard InChI is InChI=1S/C15H10F3N4O5S2/c16-15(17,18)29(25,26)27-13-12(19)10(7-11(21-13)14-20-5-6-28-14)8-1-3-9(4-2-8)22(23)24/h1-7H,19H2,(H,23,24)/q+1. The summed E-state index contributed by atoms with van der Waals surface area (Å²) in [4.78, 5) is 18.3. The van der Waals surface area contributed by atoms with Gasteiger partial charge in [0.05, 0.1) is 4.91 Å². The molecule has 14 heteroatoms. The van der Waals surface area contributed by atoms with E-state index >= 15 is 0 Å². The van der Waals surface area contributed by atoms with Crippen molar-refractivity contribution in [2.75, 3.05) is 5.73 Å². The number of anilines is 1. The first-order valence-corrected chi connectivity index (χ1v) is 9.76. The number of thiazole rings is 1. The lowest BCUT2D eigenvalue weighted by Gasteiger charge is -2.14. The van der Waals surface area contributed by atoms with Gasteiger partial charge in [-0.05, 0) is 23.8 Å². The number of hydrogen-bond donors (Lipinski definition) is 2. The molecular weight excluding hydrogens is 437 g/mol. The largest absolute Gasteiger partial charge is 0.534 e. The van der Waals surface area contributed by atoms with Crippen molar-refractivity contribution in [2.24, 2.45) is 0 Å². The van der Waals surface area contributed by atoms with Crippen molar-refractivity contribution >= 4 is 32.8 Å². The second kappa shape index (κ2) is 7.29. The number of rotatable bonds is 5. The van der Waals surface area contributed by atoms with Crippen molar-refractivity contribution in [3.05, 3.63) is 46.8 Å². The van der Waals surface area contributed by atoms with Gasteiger partial charge < -0.3 is 9.92 Å². The number of nitrogen functional groups attached to an aromatic ring is 1. The van der Waals surface area contributed by atoms with Crippen molar-refractivity contribution in [1.82, 2.24) is 9.97 Å². The Kier molecular flexibility index (Phi) is 5.15. The Hall–Kier alpha value is -3.26. The SMILES string of the molecule is Nc1c(-c2ccc([N+](=O)O)cc2)cc(-c2nccs2)nc1OS(=O)(=O)C(F)(F)F. The van der Waals surface area contributed by atoms with Gasteiger partial charge in [0.2, 0.25) is 0 Å². The van der Waals surface area contributed by atoms with Crippen LogP contribution < -0.4 is 9.92 Å². The van der Waals surface area contributed by atoms with E-state index in [0.29, 0.717) is 5.56 Å². The fraction of sp³-hybridized carbons (Fsp3) is 0.0667. The van der Waals surface area contributed by atoms with E-state index in [-0.39, 0.29) is 26.9 Å². The molecule has 2 heterocycles. The summed E-state index contributed by atoms with van der Waals surface area (Å²) in [7, 11) is -6.02. The van der Waals surface area contributed by atoms with Gasteiger partial charge in [-0.1, -0.05) is 0 Å². The fourth-order valence-electron chi connectivity index (χ4n) is 2.21. The summed E-state index contributed by atoms with van der Waals surface area (Å²) in [5.74, 6) is -0.971. The molecule has 0 aliphatic rings. The maximum atomic E-state index is 12.7. The summed E-state index contributed by atoms with van der Waals surface area (Å²) in [6.07, 6.45) is 1.42. The number of benzene rings is 1. The first-order chi connectivity index (χ1) is 13.5. The van der Waals surface area contributed by atoms with Crippen molar-refractivity contribution in [3.63, 3.8) is 0 Å². The van der Waals surface area contributed by atoms with Gasteiger partial charge in [0.25, 0.3) is 10.8 Å². The summed E-state index contributed by atoms with van der Waals surface area (Å²) in [5, 5.41) is 10.8. The van der Waals surface area contributed by atoms with Crippen LogP contribution in [0.25, 0.3) is 21.8 Å². The molecule has 3 rings (SSSR count). The van der Waals surface area contributed by atoms with Gasteiger partial charge >= 0.3 is 21.3 Å². The van der Waals surface area contributed by atoms with E-state index in [1.54, 1.807) is 5.38 Å². The van der Waals surface area contributed by atoms with Crippen LogP contribution in [0.2, 0.25) is 0 Å². The van der Waals surface area contributed by atoms with E-state index in [1.807, 2.05) is 0 Å². The molecule has 0 amide bonds. The van der Waals surface area contributed by atoms with Gasteiger partial charge in [-0.2, -0.15) is 21.6 Å². The Morgan fingerprint density at radius 1 is 1.21 bits per heavy atom. The molecule has 0 radical (unpaired) electrons. The molecule has 152 valence electrons. The summed E-state index contributed by atoms with van der Waals surface area (Å²) in [6.45, 7) is 0. The van der Waals surface area contributed by atoms with Crippen molar-refractivity contribution in [3.8, 4) is 27.7 Å². The molecule has 2 aromatic heterocycles. The molecule has 0 unspecified atom stereocenters. The van der Waals surface area contributed by atoms with Crippen molar-refractivity contribution in [1.29, 1.82) is 0 Å². The highest BCUT2D eigenvalue weighted by atomic mass is 32.2. The second-order valence-corrected chi connectivity index (χ2v) is 7.85. The van der Waals surface area contributed by atoms with Crippen LogP contribution >= 0.6 is 11.3 Å². The smallest absolute Gasteiger partial charge is 0.394 e. The van der Waals surface area contributed by atoms with Gasteiger partial charge in [0, 0.05) is 29.3 Å². The van der Waals surface area contributed by atoms with Gasteiger partial charge in [0.1, 0.15) is 16.4 Å². The Labute approximate surface area is 164 Å². The van der Waals surface area contributed by atoms with Crippen LogP contribution in [0.15, 0.2) is 41.9 Å². The molecule has 0 spiro atoms. The maximum Gasteiger partial charge on any atom is 0.534 e. The Morgan fingerprint density at radius 2 is 1.86 bits per heavy atom. The molecule has 9 nitrogen and oxygen atoms in total. The number of aromatic nitrogens is 2. The average Bonchev–Trinajstić information content (AvgIpc) is 3.17. The lowest BCUT2D eigenvalue weighted by molar-refractivity contribution is -0.729. The van der Waals surface area contributed by atoms with E-state index in [1.165, 1.54) is 36.5 Å². The highest BCUT2D eigenvalue weighted by Gasteiger charge is 2.49. The topological polar surface area (TPSA) is 135 Å². The third kappa shape index (κ3) is 4.12. The third-order valence-electron chi connectivity index (χ3n) is 3.55. The Balaban J connectivity index is 2.18. The minimum absolute atomic E-state index is 0.0215. The van der Waals surface area contributed by atoms with E-state index < -0.39 is 27.2 Å². The van der Waals surface area contributed by atoms with Crippen LogP contribution in [-0.2, 0) is 10.1 Å². The number of hydrogen-bond acceptors (Lipinski definition) is 8. The molecule has 1 aromatic carbocycles. The zero-order valence-electron chi connectivity index (χ0n) is 14.0. The molecule has 3 aromatic rings. The minimum Gasteiger partial charge on any atom is -0.394 e. The van der Waals surface area contributed by atoms with Crippen molar-refractivity contribution in [2.45, 2.75) is 5.51 Å². The van der Waals surface area contributed by atoms with Crippen LogP contribution in [-0.4, -0.2) is 34.0 Å².